The Bertz CT molecular complexity index is 979. The number of sulfonamides is 1. The van der Waals surface area contributed by atoms with Crippen molar-refractivity contribution in [1.29, 1.82) is 0 Å². The van der Waals surface area contributed by atoms with E-state index in [0.29, 0.717) is 11.7 Å². The Labute approximate surface area is 175 Å². The topological polar surface area (TPSA) is 150 Å². The zero-order chi connectivity index (χ0) is 22.5. The van der Waals surface area contributed by atoms with Crippen molar-refractivity contribution >= 4 is 27.9 Å². The van der Waals surface area contributed by atoms with Crippen molar-refractivity contribution in [3.8, 4) is 5.75 Å². The molecule has 0 saturated carbocycles. The predicted octanol–water partition coefficient (Wildman–Crippen LogP) is 0.575. The summed E-state index contributed by atoms with van der Waals surface area (Å²) in [7, 11) is 0.983. The third-order valence-electron chi connectivity index (χ3n) is 4.00. The number of nitrogen functional groups attached to an aromatic ring is 1. The molecule has 164 valence electrons. The van der Waals surface area contributed by atoms with Crippen LogP contribution in [0.5, 0.6) is 5.75 Å². The summed E-state index contributed by atoms with van der Waals surface area (Å²) in [5.41, 5.74) is 5.65. The van der Waals surface area contributed by atoms with E-state index in [1.165, 1.54) is 31.4 Å². The summed E-state index contributed by atoms with van der Waals surface area (Å²) in [6.45, 7) is 3.13. The van der Waals surface area contributed by atoms with Gasteiger partial charge in [-0.05, 0) is 30.2 Å². The smallest absolute Gasteiger partial charge is 0.324 e. The van der Waals surface area contributed by atoms with E-state index in [9.17, 15) is 13.2 Å². The van der Waals surface area contributed by atoms with Crippen LogP contribution in [0.25, 0.3) is 0 Å². The van der Waals surface area contributed by atoms with E-state index in [0.717, 1.165) is 0 Å². The second kappa shape index (κ2) is 9.67. The zero-order valence-electron chi connectivity index (χ0n) is 17.5. The fourth-order valence-corrected chi connectivity index (χ4v) is 3.69. The van der Waals surface area contributed by atoms with Crippen molar-refractivity contribution in [2.75, 3.05) is 31.8 Å². The fraction of sp³-hybridized carbons (Fsp3) is 0.444. The molecule has 11 nitrogen and oxygen atoms in total. The number of aromatic nitrogens is 3. The summed E-state index contributed by atoms with van der Waals surface area (Å²) in [6.07, 6.45) is 0. The SMILES string of the molecule is COc1ccc(S(=O)(=O)N[C@H](C(=O)OCc2nc(N)nc(N(C)C)n2)C(C)C)cc1. The van der Waals surface area contributed by atoms with Gasteiger partial charge in [-0.3, -0.25) is 4.79 Å². The molecule has 0 radical (unpaired) electrons. The molecule has 2 aromatic rings. The van der Waals surface area contributed by atoms with Crippen molar-refractivity contribution in [1.82, 2.24) is 19.7 Å². The van der Waals surface area contributed by atoms with Crippen LogP contribution in [0.2, 0.25) is 0 Å². The Balaban J connectivity index is 2.13. The molecule has 2 rings (SSSR count). The maximum atomic E-state index is 12.7. The van der Waals surface area contributed by atoms with Crippen LogP contribution >= 0.6 is 0 Å². The largest absolute Gasteiger partial charge is 0.497 e. The number of hydrogen-bond donors (Lipinski definition) is 2. The number of nitrogens with two attached hydrogens (primary N) is 1. The van der Waals surface area contributed by atoms with Crippen molar-refractivity contribution in [3.63, 3.8) is 0 Å². The summed E-state index contributed by atoms with van der Waals surface area (Å²) in [5, 5.41) is 0. The highest BCUT2D eigenvalue weighted by atomic mass is 32.2. The molecular formula is C18H26N6O5S. The molecule has 0 bridgehead atoms. The molecule has 0 aliphatic heterocycles. The van der Waals surface area contributed by atoms with E-state index < -0.39 is 22.0 Å². The number of carbonyl (C=O) groups excluding carboxylic acids is 1. The molecule has 0 saturated heterocycles. The first-order valence-corrected chi connectivity index (χ1v) is 10.5. The minimum Gasteiger partial charge on any atom is -0.497 e. The standard InChI is InChI=1S/C18H26N6O5S/c1-11(2)15(23-30(26,27)13-8-6-12(28-5)7-9-13)16(25)29-10-14-20-17(19)22-18(21-14)24(3)4/h6-9,11,15,23H,10H2,1-5H3,(H2,19,20,21,22)/t15-/m0/s1. The highest BCUT2D eigenvalue weighted by molar-refractivity contribution is 7.89. The third kappa shape index (κ3) is 6.00. The van der Waals surface area contributed by atoms with Gasteiger partial charge in [-0.15, -0.1) is 0 Å². The molecule has 1 aromatic carbocycles. The molecule has 3 N–H and O–H groups in total. The number of nitrogens with one attached hydrogen (secondary N) is 1. The van der Waals surface area contributed by atoms with Crippen molar-refractivity contribution in [3.05, 3.63) is 30.1 Å². The second-order valence-corrected chi connectivity index (χ2v) is 8.64. The Morgan fingerprint density at radius 2 is 1.80 bits per heavy atom. The first kappa shape index (κ1) is 23.3. The first-order chi connectivity index (χ1) is 14.0. The summed E-state index contributed by atoms with van der Waals surface area (Å²) >= 11 is 0. The summed E-state index contributed by atoms with van der Waals surface area (Å²) in [4.78, 5) is 26.3. The quantitative estimate of drug-likeness (QED) is 0.532. The van der Waals surface area contributed by atoms with Gasteiger partial charge in [-0.1, -0.05) is 13.8 Å². The summed E-state index contributed by atoms with van der Waals surface area (Å²) in [5.74, 6) is -0.157. The molecule has 1 heterocycles. The average Bonchev–Trinajstić information content (AvgIpc) is 2.69. The molecule has 0 fully saturated rings. The Morgan fingerprint density at radius 3 is 2.33 bits per heavy atom. The van der Waals surface area contributed by atoms with Crippen LogP contribution in [0.4, 0.5) is 11.9 Å². The third-order valence-corrected chi connectivity index (χ3v) is 5.46. The monoisotopic (exact) mass is 438 g/mol. The second-order valence-electron chi connectivity index (χ2n) is 6.93. The number of benzene rings is 1. The van der Waals surface area contributed by atoms with E-state index >= 15 is 0 Å². The Kier molecular flexibility index (Phi) is 7.51. The molecule has 30 heavy (non-hydrogen) atoms. The highest BCUT2D eigenvalue weighted by Crippen LogP contribution is 2.17. The van der Waals surface area contributed by atoms with E-state index in [4.69, 9.17) is 15.2 Å². The lowest BCUT2D eigenvalue weighted by Crippen LogP contribution is -2.45. The van der Waals surface area contributed by atoms with E-state index in [2.05, 4.69) is 19.7 Å². The minimum atomic E-state index is -3.96. The van der Waals surface area contributed by atoms with Gasteiger partial charge in [0.05, 0.1) is 12.0 Å². The predicted molar refractivity (Wildman–Crippen MR) is 110 cm³/mol. The Morgan fingerprint density at radius 1 is 1.17 bits per heavy atom. The normalized spacial score (nSPS) is 12.5. The van der Waals surface area contributed by atoms with Crippen molar-refractivity contribution in [2.24, 2.45) is 5.92 Å². The molecule has 0 amide bonds. The molecule has 12 heteroatoms. The Hall–Kier alpha value is -2.99. The van der Waals surface area contributed by atoms with Gasteiger partial charge >= 0.3 is 5.97 Å². The van der Waals surface area contributed by atoms with E-state index in [1.54, 1.807) is 32.8 Å². The van der Waals surface area contributed by atoms with E-state index in [-0.39, 0.29) is 29.2 Å². The van der Waals surface area contributed by atoms with Crippen LogP contribution in [0, 0.1) is 5.92 Å². The minimum absolute atomic E-state index is 0.00242. The number of anilines is 2. The maximum absolute atomic E-state index is 12.7. The summed E-state index contributed by atoms with van der Waals surface area (Å²) in [6, 6.07) is 4.71. The lowest BCUT2D eigenvalue weighted by molar-refractivity contribution is -0.148. The van der Waals surface area contributed by atoms with Gasteiger partial charge in [-0.25, -0.2) is 8.42 Å². The maximum Gasteiger partial charge on any atom is 0.324 e. The number of esters is 1. The number of ether oxygens (including phenoxy) is 2. The van der Waals surface area contributed by atoms with Gasteiger partial charge in [0.1, 0.15) is 11.8 Å². The molecular weight excluding hydrogens is 412 g/mol. The molecule has 0 spiro atoms. The van der Waals surface area contributed by atoms with Crippen LogP contribution < -0.4 is 20.1 Å². The van der Waals surface area contributed by atoms with Crippen LogP contribution in [0.3, 0.4) is 0 Å². The fourth-order valence-electron chi connectivity index (χ4n) is 2.36. The molecule has 1 aromatic heterocycles. The highest BCUT2D eigenvalue weighted by Gasteiger charge is 2.30. The number of methoxy groups -OCH3 is 1. The number of hydrogen-bond acceptors (Lipinski definition) is 10. The molecule has 0 unspecified atom stereocenters. The van der Waals surface area contributed by atoms with Crippen LogP contribution in [0.15, 0.2) is 29.2 Å². The van der Waals surface area contributed by atoms with Gasteiger partial charge in [0, 0.05) is 14.1 Å². The van der Waals surface area contributed by atoms with E-state index in [1.807, 2.05) is 0 Å². The molecule has 0 aliphatic carbocycles. The van der Waals surface area contributed by atoms with Gasteiger partial charge in [0.15, 0.2) is 12.4 Å². The van der Waals surface area contributed by atoms with Crippen LogP contribution in [0.1, 0.15) is 19.7 Å². The van der Waals surface area contributed by atoms with Crippen molar-refractivity contribution in [2.45, 2.75) is 31.4 Å². The number of nitrogens with zero attached hydrogens (tertiary/aromatic N) is 4. The molecule has 0 aliphatic rings. The lowest BCUT2D eigenvalue weighted by atomic mass is 10.1. The summed E-state index contributed by atoms with van der Waals surface area (Å²) < 4.78 is 38.0. The average molecular weight is 439 g/mol. The lowest BCUT2D eigenvalue weighted by Gasteiger charge is -2.21. The van der Waals surface area contributed by atoms with Gasteiger partial charge < -0.3 is 20.1 Å². The van der Waals surface area contributed by atoms with Gasteiger partial charge in [0.2, 0.25) is 21.9 Å². The number of carbonyl (C=O) groups is 1. The van der Waals surface area contributed by atoms with Crippen LogP contribution in [-0.4, -0.2) is 56.6 Å². The van der Waals surface area contributed by atoms with Crippen molar-refractivity contribution < 1.29 is 22.7 Å². The van der Waals surface area contributed by atoms with Gasteiger partial charge in [0.25, 0.3) is 0 Å². The first-order valence-electron chi connectivity index (χ1n) is 9.04. The molecule has 1 atom stereocenters. The number of rotatable bonds is 9. The van der Waals surface area contributed by atoms with Gasteiger partial charge in [-0.2, -0.15) is 19.7 Å². The van der Waals surface area contributed by atoms with Crippen LogP contribution in [-0.2, 0) is 26.2 Å². The zero-order valence-corrected chi connectivity index (χ0v) is 18.3.